The zero-order valence-corrected chi connectivity index (χ0v) is 15.3. The van der Waals surface area contributed by atoms with Gasteiger partial charge in [0.05, 0.1) is 34.5 Å². The molecule has 8 heteroatoms. The van der Waals surface area contributed by atoms with Crippen LogP contribution in [0, 0.1) is 0 Å². The maximum absolute atomic E-state index is 5.85. The van der Waals surface area contributed by atoms with E-state index >= 15 is 0 Å². The molecule has 0 bridgehead atoms. The topological polar surface area (TPSA) is 90.9 Å². The van der Waals surface area contributed by atoms with Crippen molar-refractivity contribution in [2.75, 3.05) is 11.1 Å². The third-order valence-electron chi connectivity index (χ3n) is 4.05. The van der Waals surface area contributed by atoms with E-state index in [1.807, 2.05) is 41.9 Å². The van der Waals surface area contributed by atoms with Gasteiger partial charge in [-0.15, -0.1) is 0 Å². The summed E-state index contributed by atoms with van der Waals surface area (Å²) in [5.74, 6) is 1.82. The number of fused-ring (bicyclic) bond motifs is 1. The Hall–Kier alpha value is -3.32. The lowest BCUT2D eigenvalue weighted by atomic mass is 10.3. The van der Waals surface area contributed by atoms with Crippen molar-refractivity contribution >= 4 is 34.3 Å². The van der Waals surface area contributed by atoms with Gasteiger partial charge in [0, 0.05) is 25.0 Å². The fraction of sp³-hybridized carbons (Fsp3) is 0.105. The number of nitrogen functional groups attached to an aromatic ring is 1. The fourth-order valence-electron chi connectivity index (χ4n) is 2.65. The Balaban J connectivity index is 1.43. The molecule has 27 heavy (non-hydrogen) atoms. The Labute approximate surface area is 160 Å². The van der Waals surface area contributed by atoms with Crippen molar-refractivity contribution in [1.82, 2.24) is 19.5 Å². The first-order valence-electron chi connectivity index (χ1n) is 8.29. The van der Waals surface area contributed by atoms with Crippen molar-refractivity contribution in [2.45, 2.75) is 6.54 Å². The highest BCUT2D eigenvalue weighted by atomic mass is 35.5. The van der Waals surface area contributed by atoms with Crippen LogP contribution < -0.4 is 15.8 Å². The number of ether oxygens (including phenoxy) is 1. The van der Waals surface area contributed by atoms with Gasteiger partial charge in [0.25, 0.3) is 0 Å². The van der Waals surface area contributed by atoms with Crippen LogP contribution in [0.4, 0.5) is 11.6 Å². The number of hydrogen-bond acceptors (Lipinski definition) is 6. The molecule has 136 valence electrons. The number of pyridine rings is 2. The molecule has 0 radical (unpaired) electrons. The van der Waals surface area contributed by atoms with Crippen LogP contribution in [0.5, 0.6) is 11.6 Å². The molecule has 0 aliphatic carbocycles. The van der Waals surface area contributed by atoms with Crippen LogP contribution in [-0.2, 0) is 13.6 Å². The molecular formula is C19H17ClN6O. The minimum Gasteiger partial charge on any atom is -0.437 e. The second kappa shape index (κ2) is 7.13. The number of aryl methyl sites for hydroxylation is 1. The lowest BCUT2D eigenvalue weighted by molar-refractivity contribution is 0.460. The number of imidazole rings is 1. The first kappa shape index (κ1) is 17.1. The molecule has 0 aliphatic heterocycles. The molecule has 0 fully saturated rings. The summed E-state index contributed by atoms with van der Waals surface area (Å²) >= 11 is 5.81. The van der Waals surface area contributed by atoms with E-state index in [9.17, 15) is 0 Å². The van der Waals surface area contributed by atoms with Gasteiger partial charge in [0.15, 0.2) is 0 Å². The van der Waals surface area contributed by atoms with Crippen molar-refractivity contribution in [2.24, 2.45) is 7.05 Å². The minimum atomic E-state index is 0.464. The van der Waals surface area contributed by atoms with Crippen molar-refractivity contribution in [1.29, 1.82) is 0 Å². The van der Waals surface area contributed by atoms with Crippen LogP contribution in [0.25, 0.3) is 11.0 Å². The first-order chi connectivity index (χ1) is 13.1. The average Bonchev–Trinajstić information content (AvgIpc) is 2.98. The van der Waals surface area contributed by atoms with Crippen molar-refractivity contribution < 1.29 is 4.74 Å². The molecule has 3 N–H and O–H groups in total. The van der Waals surface area contributed by atoms with Crippen molar-refractivity contribution in [3.63, 3.8) is 0 Å². The van der Waals surface area contributed by atoms with E-state index in [4.69, 9.17) is 22.1 Å². The molecule has 0 aliphatic rings. The Morgan fingerprint density at radius 2 is 2.00 bits per heavy atom. The zero-order valence-electron chi connectivity index (χ0n) is 14.6. The number of halogens is 1. The van der Waals surface area contributed by atoms with Gasteiger partial charge < -0.3 is 20.4 Å². The average molecular weight is 381 g/mol. The van der Waals surface area contributed by atoms with Gasteiger partial charge in [0.1, 0.15) is 5.75 Å². The molecule has 0 saturated heterocycles. The fourth-order valence-corrected chi connectivity index (χ4v) is 2.77. The lowest BCUT2D eigenvalue weighted by Crippen LogP contribution is -2.06. The Bertz CT molecular complexity index is 1080. The zero-order chi connectivity index (χ0) is 18.8. The van der Waals surface area contributed by atoms with Gasteiger partial charge in [-0.25, -0.2) is 9.97 Å². The van der Waals surface area contributed by atoms with Crippen molar-refractivity contribution in [3.05, 3.63) is 65.6 Å². The lowest BCUT2D eigenvalue weighted by Gasteiger charge is -2.07. The van der Waals surface area contributed by atoms with E-state index in [0.717, 1.165) is 22.7 Å². The van der Waals surface area contributed by atoms with E-state index in [-0.39, 0.29) is 0 Å². The van der Waals surface area contributed by atoms with Gasteiger partial charge in [-0.3, -0.25) is 4.98 Å². The highest BCUT2D eigenvalue weighted by molar-refractivity contribution is 6.30. The van der Waals surface area contributed by atoms with Gasteiger partial charge in [-0.2, -0.15) is 0 Å². The molecule has 3 aromatic heterocycles. The quantitative estimate of drug-likeness (QED) is 0.508. The smallest absolute Gasteiger partial charge is 0.219 e. The SMILES string of the molecule is Cn1c(NCc2ccc(Oc3ccc(Cl)cn3)cn2)nc2ccc(N)cc21. The normalized spacial score (nSPS) is 10.9. The van der Waals surface area contributed by atoms with Gasteiger partial charge in [-0.05, 0) is 36.4 Å². The summed E-state index contributed by atoms with van der Waals surface area (Å²) in [5, 5.41) is 3.86. The van der Waals surface area contributed by atoms with Crippen molar-refractivity contribution in [3.8, 4) is 11.6 Å². The first-order valence-corrected chi connectivity index (χ1v) is 8.66. The number of benzene rings is 1. The molecule has 3 heterocycles. The molecule has 0 spiro atoms. The molecule has 0 saturated carbocycles. The minimum absolute atomic E-state index is 0.464. The highest BCUT2D eigenvalue weighted by Gasteiger charge is 2.08. The molecule has 7 nitrogen and oxygen atoms in total. The molecule has 4 rings (SSSR count). The maximum Gasteiger partial charge on any atom is 0.219 e. The number of rotatable bonds is 5. The third kappa shape index (κ3) is 3.78. The Kier molecular flexibility index (Phi) is 4.52. The maximum atomic E-state index is 5.85. The van der Waals surface area contributed by atoms with Crippen LogP contribution in [0.2, 0.25) is 5.02 Å². The van der Waals surface area contributed by atoms with Crippen LogP contribution >= 0.6 is 11.6 Å². The number of aromatic nitrogens is 4. The summed E-state index contributed by atoms with van der Waals surface area (Å²) in [7, 11) is 1.95. The van der Waals surface area contributed by atoms with E-state index in [2.05, 4.69) is 20.3 Å². The number of anilines is 2. The van der Waals surface area contributed by atoms with E-state index < -0.39 is 0 Å². The van der Waals surface area contributed by atoms with Gasteiger partial charge in [0.2, 0.25) is 11.8 Å². The Morgan fingerprint density at radius 1 is 1.11 bits per heavy atom. The molecule has 4 aromatic rings. The summed E-state index contributed by atoms with van der Waals surface area (Å²) in [6.45, 7) is 0.534. The van der Waals surface area contributed by atoms with E-state index in [0.29, 0.717) is 28.9 Å². The summed E-state index contributed by atoms with van der Waals surface area (Å²) < 4.78 is 7.61. The largest absolute Gasteiger partial charge is 0.437 e. The summed E-state index contributed by atoms with van der Waals surface area (Å²) in [4.78, 5) is 13.1. The second-order valence-electron chi connectivity index (χ2n) is 6.00. The number of nitrogens with zero attached hydrogens (tertiary/aromatic N) is 4. The van der Waals surface area contributed by atoms with Crippen LogP contribution in [0.15, 0.2) is 54.9 Å². The number of nitrogens with one attached hydrogen (secondary N) is 1. The van der Waals surface area contributed by atoms with E-state index in [1.54, 1.807) is 18.3 Å². The van der Waals surface area contributed by atoms with Gasteiger partial charge >= 0.3 is 0 Å². The molecule has 0 unspecified atom stereocenters. The predicted octanol–water partition coefficient (Wildman–Crippen LogP) is 4.00. The predicted molar refractivity (Wildman–Crippen MR) is 106 cm³/mol. The monoisotopic (exact) mass is 380 g/mol. The molecule has 1 aromatic carbocycles. The number of nitrogens with two attached hydrogens (primary N) is 1. The second-order valence-corrected chi connectivity index (χ2v) is 6.43. The Morgan fingerprint density at radius 3 is 2.74 bits per heavy atom. The standard InChI is InChI=1S/C19H17ClN6O/c1-26-17-8-13(21)3-6-16(17)25-19(26)24-10-14-4-5-15(11-22-14)27-18-7-2-12(20)9-23-18/h2-9,11H,10,21H2,1H3,(H,24,25). The van der Waals surface area contributed by atoms with E-state index in [1.165, 1.54) is 6.20 Å². The van der Waals surface area contributed by atoms with Crippen LogP contribution in [0.1, 0.15) is 5.69 Å². The summed E-state index contributed by atoms with van der Waals surface area (Å²) in [6, 6.07) is 12.8. The molecule has 0 amide bonds. The third-order valence-corrected chi connectivity index (χ3v) is 4.28. The highest BCUT2D eigenvalue weighted by Crippen LogP contribution is 2.22. The van der Waals surface area contributed by atoms with Crippen LogP contribution in [-0.4, -0.2) is 19.5 Å². The molecule has 0 atom stereocenters. The summed E-state index contributed by atoms with van der Waals surface area (Å²) in [6.07, 6.45) is 3.19. The molecular weight excluding hydrogens is 364 g/mol. The number of hydrogen-bond donors (Lipinski definition) is 2. The van der Waals surface area contributed by atoms with Gasteiger partial charge in [-0.1, -0.05) is 11.6 Å². The summed E-state index contributed by atoms with van der Waals surface area (Å²) in [5.41, 5.74) is 9.29. The van der Waals surface area contributed by atoms with Crippen LogP contribution in [0.3, 0.4) is 0 Å².